The van der Waals surface area contributed by atoms with E-state index in [0.717, 1.165) is 44.2 Å². The second-order valence-corrected chi connectivity index (χ2v) is 8.82. The van der Waals surface area contributed by atoms with Gasteiger partial charge in [-0.15, -0.1) is 24.5 Å². The van der Waals surface area contributed by atoms with Crippen LogP contribution in [0.2, 0.25) is 0 Å². The number of amides is 1. The third-order valence-corrected chi connectivity index (χ3v) is 7.31. The van der Waals surface area contributed by atoms with Gasteiger partial charge in [0, 0.05) is 10.2 Å². The minimum absolute atomic E-state index is 0.125. The van der Waals surface area contributed by atoms with E-state index in [0.29, 0.717) is 15.5 Å². The van der Waals surface area contributed by atoms with Crippen LogP contribution >= 0.6 is 11.3 Å². The molecule has 8 heteroatoms. The molecule has 0 radical (unpaired) electrons. The maximum Gasteiger partial charge on any atom is 0.573 e. The SMILES string of the molecule is O=C(NC1C2CCN(CC2)C12CC2)c1cc2ccc(OC(F)(F)F)cc2s1. The second kappa shape index (κ2) is 5.85. The zero-order valence-electron chi connectivity index (χ0n) is 14.5. The summed E-state index contributed by atoms with van der Waals surface area (Å²) in [5.41, 5.74) is 0.154. The van der Waals surface area contributed by atoms with Gasteiger partial charge in [0.1, 0.15) is 5.75 Å². The lowest BCUT2D eigenvalue weighted by Crippen LogP contribution is -2.65. The van der Waals surface area contributed by atoms with Crippen LogP contribution in [0, 0.1) is 5.92 Å². The number of nitrogens with zero attached hydrogens (tertiary/aromatic N) is 1. The van der Waals surface area contributed by atoms with Crippen LogP contribution in [0.5, 0.6) is 5.75 Å². The average molecular weight is 396 g/mol. The summed E-state index contributed by atoms with van der Waals surface area (Å²) < 4.78 is 41.8. The molecular weight excluding hydrogens is 377 g/mol. The number of alkyl halides is 3. The number of benzene rings is 1. The minimum Gasteiger partial charge on any atom is -0.406 e. The van der Waals surface area contributed by atoms with Gasteiger partial charge < -0.3 is 10.1 Å². The van der Waals surface area contributed by atoms with E-state index >= 15 is 0 Å². The van der Waals surface area contributed by atoms with E-state index in [1.165, 1.54) is 23.5 Å². The predicted octanol–water partition coefficient (Wildman–Crippen LogP) is 4.16. The van der Waals surface area contributed by atoms with E-state index in [9.17, 15) is 18.0 Å². The van der Waals surface area contributed by atoms with Gasteiger partial charge >= 0.3 is 6.36 Å². The van der Waals surface area contributed by atoms with Crippen LogP contribution < -0.4 is 10.1 Å². The first-order valence-electron chi connectivity index (χ1n) is 9.19. The predicted molar refractivity (Wildman–Crippen MR) is 96.0 cm³/mol. The fourth-order valence-electron chi connectivity index (χ4n) is 4.85. The Balaban J connectivity index is 1.36. The topological polar surface area (TPSA) is 41.6 Å². The molecular formula is C19H19F3N2O2S. The summed E-state index contributed by atoms with van der Waals surface area (Å²) in [6.45, 7) is 2.25. The Kier molecular flexibility index (Phi) is 3.75. The highest BCUT2D eigenvalue weighted by atomic mass is 32.1. The zero-order valence-corrected chi connectivity index (χ0v) is 15.3. The number of hydrogen-bond donors (Lipinski definition) is 1. The number of carbonyl (C=O) groups is 1. The molecule has 3 aliphatic heterocycles. The van der Waals surface area contributed by atoms with Crippen molar-refractivity contribution in [1.82, 2.24) is 10.2 Å². The molecule has 1 saturated carbocycles. The zero-order chi connectivity index (χ0) is 18.8. The van der Waals surface area contributed by atoms with Crippen LogP contribution in [-0.2, 0) is 0 Å². The quantitative estimate of drug-likeness (QED) is 0.847. The Bertz CT molecular complexity index is 898. The molecule has 6 rings (SSSR count). The van der Waals surface area contributed by atoms with Gasteiger partial charge in [-0.05, 0) is 74.3 Å². The van der Waals surface area contributed by atoms with Crippen molar-refractivity contribution in [1.29, 1.82) is 0 Å². The summed E-state index contributed by atoms with van der Waals surface area (Å²) in [7, 11) is 0. The van der Waals surface area contributed by atoms with E-state index in [1.54, 1.807) is 12.1 Å². The highest BCUT2D eigenvalue weighted by Gasteiger charge is 2.60. The van der Waals surface area contributed by atoms with Crippen molar-refractivity contribution in [3.8, 4) is 5.75 Å². The maximum atomic E-state index is 12.9. The lowest BCUT2D eigenvalue weighted by atomic mass is 9.77. The van der Waals surface area contributed by atoms with Gasteiger partial charge in [-0.3, -0.25) is 9.69 Å². The fraction of sp³-hybridized carbons (Fsp3) is 0.526. The average Bonchev–Trinajstić information content (AvgIpc) is 3.27. The molecule has 1 spiro atoms. The number of ether oxygens (including phenoxy) is 1. The molecule has 1 N–H and O–H groups in total. The standard InChI is InChI=1S/C19H19F3N2O2S/c20-19(21,22)26-13-2-1-12-9-15(27-14(12)10-13)17(25)23-16-11-3-7-24(8-4-11)18(16)5-6-18/h1-2,9-11,16H,3-8H2,(H,23,25). The van der Waals surface area contributed by atoms with Crippen LogP contribution in [0.4, 0.5) is 13.2 Å². The van der Waals surface area contributed by atoms with Crippen molar-refractivity contribution in [2.24, 2.45) is 5.92 Å². The highest BCUT2D eigenvalue weighted by Crippen LogP contribution is 2.53. The molecule has 4 nitrogen and oxygen atoms in total. The van der Waals surface area contributed by atoms with Gasteiger partial charge in [0.2, 0.25) is 0 Å². The number of fused-ring (bicyclic) bond motifs is 3. The Labute approximate surface area is 158 Å². The number of hydrogen-bond acceptors (Lipinski definition) is 4. The molecule has 4 aliphatic rings. The summed E-state index contributed by atoms with van der Waals surface area (Å²) in [6.07, 6.45) is -0.203. The summed E-state index contributed by atoms with van der Waals surface area (Å²) in [5.74, 6) is 0.139. The van der Waals surface area contributed by atoms with Crippen molar-refractivity contribution < 1.29 is 22.7 Å². The second-order valence-electron chi connectivity index (χ2n) is 7.74. The first-order valence-corrected chi connectivity index (χ1v) is 10.0. The van der Waals surface area contributed by atoms with Gasteiger partial charge in [0.25, 0.3) is 5.91 Å². The normalized spacial score (nSPS) is 28.5. The molecule has 1 aliphatic carbocycles. The molecule has 2 bridgehead atoms. The summed E-state index contributed by atoms with van der Waals surface area (Å²) >= 11 is 1.20. The number of halogens is 3. The molecule has 1 unspecified atom stereocenters. The summed E-state index contributed by atoms with van der Waals surface area (Å²) in [5, 5.41) is 4.00. The van der Waals surface area contributed by atoms with Crippen LogP contribution in [0.1, 0.15) is 35.4 Å². The van der Waals surface area contributed by atoms with Crippen LogP contribution in [-0.4, -0.2) is 41.8 Å². The molecule has 2 aromatic rings. The molecule has 3 saturated heterocycles. The molecule has 1 aromatic carbocycles. The lowest BCUT2D eigenvalue weighted by Gasteiger charge is -2.52. The van der Waals surface area contributed by atoms with Crippen molar-refractivity contribution in [2.75, 3.05) is 13.1 Å². The number of rotatable bonds is 3. The largest absolute Gasteiger partial charge is 0.573 e. The number of piperidine rings is 3. The van der Waals surface area contributed by atoms with E-state index in [4.69, 9.17) is 0 Å². The molecule has 4 fully saturated rings. The smallest absolute Gasteiger partial charge is 0.406 e. The molecule has 144 valence electrons. The van der Waals surface area contributed by atoms with Gasteiger partial charge in [-0.2, -0.15) is 0 Å². The van der Waals surface area contributed by atoms with E-state index < -0.39 is 6.36 Å². The summed E-state index contributed by atoms with van der Waals surface area (Å²) in [4.78, 5) is 15.9. The monoisotopic (exact) mass is 396 g/mol. The Morgan fingerprint density at radius 1 is 1.22 bits per heavy atom. The minimum atomic E-state index is -4.72. The number of nitrogens with one attached hydrogen (secondary N) is 1. The maximum absolute atomic E-state index is 12.9. The molecule has 1 amide bonds. The Hall–Kier alpha value is -1.80. The number of thiophene rings is 1. The van der Waals surface area contributed by atoms with E-state index in [-0.39, 0.29) is 23.2 Å². The van der Waals surface area contributed by atoms with Crippen LogP contribution in [0.3, 0.4) is 0 Å². The summed E-state index contributed by atoms with van der Waals surface area (Å²) in [6, 6.07) is 6.09. The van der Waals surface area contributed by atoms with Crippen molar-refractivity contribution in [3.05, 3.63) is 29.1 Å². The molecule has 4 heterocycles. The number of carbonyl (C=O) groups excluding carboxylic acids is 1. The molecule has 27 heavy (non-hydrogen) atoms. The van der Waals surface area contributed by atoms with Crippen molar-refractivity contribution in [3.63, 3.8) is 0 Å². The van der Waals surface area contributed by atoms with E-state index in [2.05, 4.69) is 15.0 Å². The third kappa shape index (κ3) is 2.99. The van der Waals surface area contributed by atoms with Gasteiger partial charge in [0.15, 0.2) is 0 Å². The Morgan fingerprint density at radius 3 is 2.63 bits per heavy atom. The van der Waals surface area contributed by atoms with E-state index in [1.807, 2.05) is 0 Å². The first kappa shape index (κ1) is 17.3. The molecule has 1 atom stereocenters. The highest BCUT2D eigenvalue weighted by molar-refractivity contribution is 7.20. The fourth-order valence-corrected chi connectivity index (χ4v) is 5.85. The van der Waals surface area contributed by atoms with Crippen molar-refractivity contribution >= 4 is 27.3 Å². The van der Waals surface area contributed by atoms with Crippen LogP contribution in [0.25, 0.3) is 10.1 Å². The Morgan fingerprint density at radius 2 is 1.96 bits per heavy atom. The van der Waals surface area contributed by atoms with Gasteiger partial charge in [0.05, 0.1) is 10.9 Å². The third-order valence-electron chi connectivity index (χ3n) is 6.22. The first-order chi connectivity index (χ1) is 12.8. The van der Waals surface area contributed by atoms with Crippen molar-refractivity contribution in [2.45, 2.75) is 43.6 Å². The van der Waals surface area contributed by atoms with Crippen LogP contribution in [0.15, 0.2) is 24.3 Å². The lowest BCUT2D eigenvalue weighted by molar-refractivity contribution is -0.274. The molecule has 1 aromatic heterocycles. The van der Waals surface area contributed by atoms with Gasteiger partial charge in [-0.1, -0.05) is 0 Å². The van der Waals surface area contributed by atoms with Gasteiger partial charge in [-0.25, -0.2) is 0 Å².